The van der Waals surface area contributed by atoms with Gasteiger partial charge in [-0.25, -0.2) is 9.59 Å². The molecule has 126 valence electrons. The van der Waals surface area contributed by atoms with E-state index in [1.54, 1.807) is 33.8 Å². The minimum atomic E-state index is -0.797. The molecule has 5 nitrogen and oxygen atoms in total. The average Bonchev–Trinajstić information content (AvgIpc) is 2.37. The Bertz CT molecular complexity index is 629. The molecular formula is C17H21IO5. The van der Waals surface area contributed by atoms with Crippen molar-refractivity contribution < 1.29 is 23.8 Å². The van der Waals surface area contributed by atoms with Gasteiger partial charge in [0.05, 0.1) is 0 Å². The molecule has 6 heteroatoms. The van der Waals surface area contributed by atoms with E-state index >= 15 is 0 Å². The summed E-state index contributed by atoms with van der Waals surface area (Å²) in [6.45, 7) is 12.2. The Morgan fingerprint density at radius 1 is 1.26 bits per heavy atom. The summed E-state index contributed by atoms with van der Waals surface area (Å²) in [6.07, 6.45) is -0.797. The van der Waals surface area contributed by atoms with Crippen molar-refractivity contribution in [2.45, 2.75) is 46.8 Å². The van der Waals surface area contributed by atoms with Crippen molar-refractivity contribution in [2.75, 3.05) is 0 Å². The van der Waals surface area contributed by atoms with Gasteiger partial charge in [-0.15, -0.1) is 0 Å². The Balaban J connectivity index is 2.99. The fraction of sp³-hybridized carbons (Fsp3) is 0.412. The number of carbonyl (C=O) groups excluding carboxylic acids is 2. The van der Waals surface area contributed by atoms with Crippen LogP contribution in [0.4, 0.5) is 4.79 Å². The molecule has 0 aliphatic rings. The van der Waals surface area contributed by atoms with Gasteiger partial charge in [-0.3, -0.25) is 0 Å². The number of halogens is 1. The Hall–Kier alpha value is -1.57. The van der Waals surface area contributed by atoms with Gasteiger partial charge in [0.15, 0.2) is 0 Å². The van der Waals surface area contributed by atoms with E-state index in [4.69, 9.17) is 14.2 Å². The summed E-state index contributed by atoms with van der Waals surface area (Å²) >= 11 is 2.14. The van der Waals surface area contributed by atoms with E-state index in [1.165, 1.54) is 0 Å². The number of benzene rings is 1. The van der Waals surface area contributed by atoms with Gasteiger partial charge < -0.3 is 14.2 Å². The van der Waals surface area contributed by atoms with Crippen molar-refractivity contribution in [2.24, 2.45) is 0 Å². The van der Waals surface area contributed by atoms with Gasteiger partial charge in [0.25, 0.3) is 0 Å². The molecule has 0 aromatic heterocycles. The molecule has 0 unspecified atom stereocenters. The first kappa shape index (κ1) is 19.5. The highest BCUT2D eigenvalue weighted by molar-refractivity contribution is 14.1. The lowest BCUT2D eigenvalue weighted by atomic mass is 10.1. The third-order valence-electron chi connectivity index (χ3n) is 2.60. The molecule has 0 heterocycles. The summed E-state index contributed by atoms with van der Waals surface area (Å²) in [5.41, 5.74) is 1.00. The lowest BCUT2D eigenvalue weighted by molar-refractivity contribution is -0.140. The molecule has 0 aliphatic heterocycles. The zero-order valence-electron chi connectivity index (χ0n) is 14.0. The van der Waals surface area contributed by atoms with Gasteiger partial charge >= 0.3 is 12.1 Å². The maximum atomic E-state index is 11.9. The van der Waals surface area contributed by atoms with Crippen LogP contribution in [0.25, 0.3) is 0 Å². The predicted octanol–water partition coefficient (Wildman–Crippen LogP) is 4.53. The van der Waals surface area contributed by atoms with Crippen LogP contribution in [0.15, 0.2) is 24.3 Å². The van der Waals surface area contributed by atoms with Gasteiger partial charge in [0.1, 0.15) is 18.0 Å². The maximum absolute atomic E-state index is 11.9. The summed E-state index contributed by atoms with van der Waals surface area (Å²) in [7, 11) is 0. The summed E-state index contributed by atoms with van der Waals surface area (Å²) < 4.78 is 16.6. The van der Waals surface area contributed by atoms with Crippen molar-refractivity contribution in [1.82, 2.24) is 0 Å². The second-order valence-electron chi connectivity index (χ2n) is 6.13. The summed E-state index contributed by atoms with van der Waals surface area (Å²) in [5, 5.41) is 0. The van der Waals surface area contributed by atoms with Crippen LogP contribution >= 0.6 is 22.6 Å². The SMILES string of the molecule is C=C(C)C(=O)OCc1cc(I)cc(C)c1OC(=O)OC(C)(C)C. The minimum absolute atomic E-state index is 0.0124. The average molecular weight is 432 g/mol. The molecule has 1 rings (SSSR count). The predicted molar refractivity (Wildman–Crippen MR) is 95.4 cm³/mol. The van der Waals surface area contributed by atoms with Crippen LogP contribution in [-0.4, -0.2) is 17.7 Å². The molecule has 23 heavy (non-hydrogen) atoms. The van der Waals surface area contributed by atoms with Crippen LogP contribution in [0, 0.1) is 10.5 Å². The Kier molecular flexibility index (Phi) is 6.61. The monoisotopic (exact) mass is 432 g/mol. The third kappa shape index (κ3) is 6.60. The first-order valence-corrected chi connectivity index (χ1v) is 8.10. The molecule has 0 fully saturated rings. The highest BCUT2D eigenvalue weighted by Gasteiger charge is 2.21. The second-order valence-corrected chi connectivity index (χ2v) is 7.38. The zero-order valence-corrected chi connectivity index (χ0v) is 16.1. The minimum Gasteiger partial charge on any atom is -0.457 e. The fourth-order valence-corrected chi connectivity index (χ4v) is 2.52. The molecule has 0 N–H and O–H groups in total. The molecule has 1 aromatic carbocycles. The summed E-state index contributed by atoms with van der Waals surface area (Å²) in [5.74, 6) is -0.154. The molecule has 0 amide bonds. The number of hydrogen-bond donors (Lipinski definition) is 0. The maximum Gasteiger partial charge on any atom is 0.514 e. The van der Waals surface area contributed by atoms with Crippen LogP contribution in [0.1, 0.15) is 38.8 Å². The van der Waals surface area contributed by atoms with Gasteiger partial charge in [-0.1, -0.05) is 6.58 Å². The van der Waals surface area contributed by atoms with Crippen LogP contribution in [0.5, 0.6) is 5.75 Å². The smallest absolute Gasteiger partial charge is 0.457 e. The summed E-state index contributed by atoms with van der Waals surface area (Å²) in [6, 6.07) is 3.66. The largest absolute Gasteiger partial charge is 0.514 e. The molecule has 0 atom stereocenters. The zero-order chi connectivity index (χ0) is 17.8. The fourth-order valence-electron chi connectivity index (χ4n) is 1.67. The van der Waals surface area contributed by atoms with E-state index in [2.05, 4.69) is 29.2 Å². The Morgan fingerprint density at radius 3 is 2.39 bits per heavy atom. The van der Waals surface area contributed by atoms with Gasteiger partial charge in [0, 0.05) is 14.7 Å². The van der Waals surface area contributed by atoms with Crippen LogP contribution in [0.2, 0.25) is 0 Å². The quantitative estimate of drug-likeness (QED) is 0.303. The van der Waals surface area contributed by atoms with E-state index < -0.39 is 17.7 Å². The lowest BCUT2D eigenvalue weighted by Crippen LogP contribution is -2.26. The molecule has 1 aromatic rings. The number of aryl methyl sites for hydroxylation is 1. The Labute approximate surface area is 150 Å². The number of carbonyl (C=O) groups is 2. The second kappa shape index (κ2) is 7.81. The first-order valence-electron chi connectivity index (χ1n) is 7.02. The first-order chi connectivity index (χ1) is 10.5. The number of hydrogen-bond acceptors (Lipinski definition) is 5. The number of ether oxygens (including phenoxy) is 3. The Morgan fingerprint density at radius 2 is 1.87 bits per heavy atom. The van der Waals surface area contributed by atoms with Crippen molar-refractivity contribution >= 4 is 34.7 Å². The van der Waals surface area contributed by atoms with Gasteiger partial charge in [-0.05, 0) is 74.9 Å². The number of rotatable bonds is 4. The highest BCUT2D eigenvalue weighted by Crippen LogP contribution is 2.28. The number of esters is 1. The van der Waals surface area contributed by atoms with Crippen LogP contribution in [0.3, 0.4) is 0 Å². The molecular weight excluding hydrogens is 411 g/mol. The van der Waals surface area contributed by atoms with Gasteiger partial charge in [-0.2, -0.15) is 0 Å². The van der Waals surface area contributed by atoms with Crippen LogP contribution in [-0.2, 0) is 20.9 Å². The van der Waals surface area contributed by atoms with E-state index in [1.807, 2.05) is 13.0 Å². The summed E-state index contributed by atoms with van der Waals surface area (Å²) in [4.78, 5) is 23.4. The standard InChI is InChI=1S/C17H21IO5/c1-10(2)15(19)21-9-12-8-13(18)7-11(3)14(12)22-16(20)23-17(4,5)6/h7-8H,1,9H2,2-6H3. The molecule has 0 saturated heterocycles. The van der Waals surface area contributed by atoms with Crippen LogP contribution < -0.4 is 4.74 Å². The van der Waals surface area contributed by atoms with E-state index in [-0.39, 0.29) is 6.61 Å². The van der Waals surface area contributed by atoms with Crippen molar-refractivity contribution in [3.05, 3.63) is 39.0 Å². The molecule has 0 saturated carbocycles. The van der Waals surface area contributed by atoms with E-state index in [0.717, 1.165) is 9.13 Å². The third-order valence-corrected chi connectivity index (χ3v) is 3.22. The molecule has 0 bridgehead atoms. The van der Waals surface area contributed by atoms with Crippen molar-refractivity contribution in [3.8, 4) is 5.75 Å². The highest BCUT2D eigenvalue weighted by atomic mass is 127. The van der Waals surface area contributed by atoms with E-state index in [0.29, 0.717) is 16.9 Å². The molecule has 0 radical (unpaired) electrons. The van der Waals surface area contributed by atoms with Crippen molar-refractivity contribution in [3.63, 3.8) is 0 Å². The molecule has 0 aliphatic carbocycles. The normalized spacial score (nSPS) is 10.9. The van der Waals surface area contributed by atoms with Crippen molar-refractivity contribution in [1.29, 1.82) is 0 Å². The molecule has 0 spiro atoms. The topological polar surface area (TPSA) is 61.8 Å². The lowest BCUT2D eigenvalue weighted by Gasteiger charge is -2.20. The van der Waals surface area contributed by atoms with Gasteiger partial charge in [0.2, 0.25) is 0 Å². The van der Waals surface area contributed by atoms with E-state index in [9.17, 15) is 9.59 Å².